The molecule has 2 rings (SSSR count). The van der Waals surface area contributed by atoms with Crippen LogP contribution in [0.2, 0.25) is 0 Å². The van der Waals surface area contributed by atoms with Crippen LogP contribution in [0.5, 0.6) is 0 Å². The van der Waals surface area contributed by atoms with Gasteiger partial charge in [0.1, 0.15) is 18.0 Å². The molecule has 0 spiro atoms. The molecule has 2 aromatic rings. The van der Waals surface area contributed by atoms with E-state index in [1.165, 1.54) is 18.2 Å². The second-order valence-corrected chi connectivity index (χ2v) is 3.10. The van der Waals surface area contributed by atoms with Crippen LogP contribution in [0, 0.1) is 10.1 Å². The normalized spacial score (nSPS) is 10.2. The summed E-state index contributed by atoms with van der Waals surface area (Å²) in [5.41, 5.74) is 0.520. The fourth-order valence-corrected chi connectivity index (χ4v) is 1.39. The van der Waals surface area contributed by atoms with Gasteiger partial charge in [-0.2, -0.15) is 0 Å². The fraction of sp³-hybridized carbons (Fsp3) is 0.100. The van der Waals surface area contributed by atoms with Crippen LogP contribution in [-0.2, 0) is 16.1 Å². The monoisotopic (exact) mass is 221 g/mol. The van der Waals surface area contributed by atoms with E-state index in [9.17, 15) is 14.9 Å². The highest BCUT2D eigenvalue weighted by atomic mass is 16.6. The molecule has 0 saturated heterocycles. The Balaban J connectivity index is 2.37. The Bertz CT molecular complexity index is 545. The minimum Gasteiger partial charge on any atom is -0.460 e. The number of hydrogen-bond donors (Lipinski definition) is 0. The number of carbonyl (C=O) groups excluding carboxylic acids is 1. The zero-order chi connectivity index (χ0) is 11.5. The zero-order valence-corrected chi connectivity index (χ0v) is 8.08. The SMILES string of the molecule is O=COCc1cc2cc([N+](=O)[O-])ccc2o1. The smallest absolute Gasteiger partial charge is 0.293 e. The number of carbonyl (C=O) groups is 1. The lowest BCUT2D eigenvalue weighted by molar-refractivity contribution is -0.384. The highest BCUT2D eigenvalue weighted by Crippen LogP contribution is 2.24. The molecule has 0 radical (unpaired) electrons. The van der Waals surface area contributed by atoms with Gasteiger partial charge in [0.15, 0.2) is 0 Å². The number of nitrogens with zero attached hydrogens (tertiary/aromatic N) is 1. The Morgan fingerprint density at radius 2 is 2.25 bits per heavy atom. The van der Waals surface area contributed by atoms with Crippen LogP contribution >= 0.6 is 0 Å². The lowest BCUT2D eigenvalue weighted by Crippen LogP contribution is -1.86. The lowest BCUT2D eigenvalue weighted by atomic mass is 10.2. The first-order valence-electron chi connectivity index (χ1n) is 4.43. The third-order valence-corrected chi connectivity index (χ3v) is 2.06. The molecule has 0 atom stereocenters. The van der Waals surface area contributed by atoms with Crippen molar-refractivity contribution < 1.29 is 18.9 Å². The van der Waals surface area contributed by atoms with E-state index < -0.39 is 4.92 Å². The zero-order valence-electron chi connectivity index (χ0n) is 8.08. The molecular weight excluding hydrogens is 214 g/mol. The standard InChI is InChI=1S/C10H7NO5/c12-6-15-5-9-4-7-3-8(11(13)14)1-2-10(7)16-9/h1-4,6H,5H2. The Hall–Kier alpha value is -2.37. The predicted molar refractivity (Wildman–Crippen MR) is 53.7 cm³/mol. The molecule has 0 bridgehead atoms. The van der Waals surface area contributed by atoms with E-state index in [2.05, 4.69) is 4.74 Å². The summed E-state index contributed by atoms with van der Waals surface area (Å²) in [5.74, 6) is 0.447. The number of fused-ring (bicyclic) bond motifs is 1. The van der Waals surface area contributed by atoms with Crippen LogP contribution in [0.4, 0.5) is 5.69 Å². The van der Waals surface area contributed by atoms with Gasteiger partial charge in [0.2, 0.25) is 0 Å². The molecule has 0 unspecified atom stereocenters. The van der Waals surface area contributed by atoms with Crippen molar-refractivity contribution in [2.24, 2.45) is 0 Å². The topological polar surface area (TPSA) is 82.6 Å². The number of benzene rings is 1. The molecule has 1 heterocycles. The number of nitro benzene ring substituents is 1. The highest BCUT2D eigenvalue weighted by Gasteiger charge is 2.10. The van der Waals surface area contributed by atoms with E-state index in [0.717, 1.165) is 0 Å². The fourth-order valence-electron chi connectivity index (χ4n) is 1.39. The van der Waals surface area contributed by atoms with Crippen molar-refractivity contribution in [1.82, 2.24) is 0 Å². The van der Waals surface area contributed by atoms with Crippen molar-refractivity contribution in [3.8, 4) is 0 Å². The van der Waals surface area contributed by atoms with Crippen molar-refractivity contribution in [3.63, 3.8) is 0 Å². The molecule has 6 heteroatoms. The maximum absolute atomic E-state index is 10.5. The summed E-state index contributed by atoms with van der Waals surface area (Å²) in [6.07, 6.45) is 0. The van der Waals surface area contributed by atoms with Gasteiger partial charge in [-0.15, -0.1) is 0 Å². The van der Waals surface area contributed by atoms with E-state index in [-0.39, 0.29) is 12.3 Å². The van der Waals surface area contributed by atoms with E-state index in [0.29, 0.717) is 23.2 Å². The van der Waals surface area contributed by atoms with Crippen LogP contribution in [0.1, 0.15) is 5.76 Å². The molecule has 1 aromatic heterocycles. The van der Waals surface area contributed by atoms with Gasteiger partial charge in [0.25, 0.3) is 12.2 Å². The van der Waals surface area contributed by atoms with Crippen LogP contribution in [0.3, 0.4) is 0 Å². The summed E-state index contributed by atoms with van der Waals surface area (Å²) in [4.78, 5) is 20.0. The van der Waals surface area contributed by atoms with Gasteiger partial charge in [-0.3, -0.25) is 14.9 Å². The van der Waals surface area contributed by atoms with Gasteiger partial charge in [-0.1, -0.05) is 0 Å². The summed E-state index contributed by atoms with van der Waals surface area (Å²) in [6.45, 7) is 0.335. The maximum Gasteiger partial charge on any atom is 0.293 e. The number of furan rings is 1. The van der Waals surface area contributed by atoms with E-state index >= 15 is 0 Å². The number of non-ortho nitro benzene ring substituents is 1. The first-order valence-corrected chi connectivity index (χ1v) is 4.43. The van der Waals surface area contributed by atoms with Gasteiger partial charge in [0.05, 0.1) is 4.92 Å². The average molecular weight is 221 g/mol. The molecule has 82 valence electrons. The number of nitro groups is 1. The summed E-state index contributed by atoms with van der Waals surface area (Å²) in [7, 11) is 0. The quantitative estimate of drug-likeness (QED) is 0.448. The summed E-state index contributed by atoms with van der Waals surface area (Å²) in [6, 6.07) is 5.88. The minimum atomic E-state index is -0.478. The minimum absolute atomic E-state index is 0.00356. The average Bonchev–Trinajstić information content (AvgIpc) is 2.67. The van der Waals surface area contributed by atoms with Gasteiger partial charge in [0, 0.05) is 17.5 Å². The Labute approximate surface area is 89.6 Å². The third-order valence-electron chi connectivity index (χ3n) is 2.06. The molecule has 16 heavy (non-hydrogen) atoms. The molecule has 6 nitrogen and oxygen atoms in total. The van der Waals surface area contributed by atoms with E-state index in [1.807, 2.05) is 0 Å². The molecule has 0 aliphatic heterocycles. The number of rotatable bonds is 4. The van der Waals surface area contributed by atoms with Crippen LogP contribution in [0.15, 0.2) is 28.7 Å². The molecule has 0 N–H and O–H groups in total. The molecule has 1 aromatic carbocycles. The second kappa shape index (κ2) is 4.01. The Morgan fingerprint density at radius 3 is 2.94 bits per heavy atom. The summed E-state index contributed by atoms with van der Waals surface area (Å²) in [5, 5.41) is 11.1. The molecular formula is C10H7NO5. The maximum atomic E-state index is 10.5. The molecule has 0 saturated carbocycles. The van der Waals surface area contributed by atoms with Crippen LogP contribution in [-0.4, -0.2) is 11.4 Å². The van der Waals surface area contributed by atoms with Crippen molar-refractivity contribution in [2.45, 2.75) is 6.61 Å². The molecule has 0 fully saturated rings. The van der Waals surface area contributed by atoms with Crippen molar-refractivity contribution in [2.75, 3.05) is 0 Å². The highest BCUT2D eigenvalue weighted by molar-refractivity contribution is 5.80. The first kappa shape index (κ1) is 10.2. The van der Waals surface area contributed by atoms with Gasteiger partial charge in [-0.05, 0) is 12.1 Å². The molecule has 0 amide bonds. The number of ether oxygens (including phenoxy) is 1. The number of hydrogen-bond acceptors (Lipinski definition) is 5. The lowest BCUT2D eigenvalue weighted by Gasteiger charge is -1.91. The predicted octanol–water partition coefficient (Wildman–Crippen LogP) is 2.01. The molecule has 0 aliphatic carbocycles. The van der Waals surface area contributed by atoms with Crippen molar-refractivity contribution >= 4 is 23.1 Å². The summed E-state index contributed by atoms with van der Waals surface area (Å²) < 4.78 is 9.82. The summed E-state index contributed by atoms with van der Waals surface area (Å²) >= 11 is 0. The van der Waals surface area contributed by atoms with E-state index in [4.69, 9.17) is 4.42 Å². The van der Waals surface area contributed by atoms with E-state index in [1.54, 1.807) is 6.07 Å². The first-order chi connectivity index (χ1) is 7.70. The van der Waals surface area contributed by atoms with Gasteiger partial charge < -0.3 is 9.15 Å². The Morgan fingerprint density at radius 1 is 1.44 bits per heavy atom. The van der Waals surface area contributed by atoms with Crippen LogP contribution in [0.25, 0.3) is 11.0 Å². The van der Waals surface area contributed by atoms with Crippen molar-refractivity contribution in [3.05, 3.63) is 40.1 Å². The molecule has 0 aliphatic rings. The van der Waals surface area contributed by atoms with Crippen molar-refractivity contribution in [1.29, 1.82) is 0 Å². The second-order valence-electron chi connectivity index (χ2n) is 3.10. The Kier molecular flexibility index (Phi) is 2.55. The third kappa shape index (κ3) is 1.85. The largest absolute Gasteiger partial charge is 0.460 e. The van der Waals surface area contributed by atoms with Gasteiger partial charge >= 0.3 is 0 Å². The van der Waals surface area contributed by atoms with Crippen LogP contribution < -0.4 is 0 Å². The van der Waals surface area contributed by atoms with Gasteiger partial charge in [-0.25, -0.2) is 0 Å².